The Bertz CT molecular complexity index is 562. The van der Waals surface area contributed by atoms with E-state index in [1.54, 1.807) is 0 Å². The van der Waals surface area contributed by atoms with Crippen LogP contribution in [0.2, 0.25) is 0 Å². The number of nitrogens with two attached hydrogens (primary N) is 1. The minimum atomic E-state index is -0.843. The molecule has 1 saturated heterocycles. The van der Waals surface area contributed by atoms with Crippen molar-refractivity contribution in [1.29, 1.82) is 0 Å². The number of urea groups is 1. The number of amides is 3. The SMILES string of the molecule is CCC1(c2ccccc2)CCC2(CC1)C(=O)NC(=O)N2N. The van der Waals surface area contributed by atoms with Crippen LogP contribution in [-0.4, -0.2) is 22.5 Å². The molecule has 3 N–H and O–H groups in total. The maximum Gasteiger partial charge on any atom is 0.339 e. The Labute approximate surface area is 124 Å². The van der Waals surface area contributed by atoms with Gasteiger partial charge in [0.25, 0.3) is 5.91 Å². The standard InChI is InChI=1S/C16H21N3O2/c1-2-15(12-6-4-3-5-7-12)8-10-16(11-9-15)13(20)18-14(21)19(16)17/h3-7H,2,8-11,17H2,1H3,(H,18,20,21). The van der Waals surface area contributed by atoms with Gasteiger partial charge >= 0.3 is 6.03 Å². The summed E-state index contributed by atoms with van der Waals surface area (Å²) in [7, 11) is 0. The molecule has 5 heteroatoms. The average molecular weight is 287 g/mol. The van der Waals surface area contributed by atoms with Gasteiger partial charge in [-0.25, -0.2) is 15.6 Å². The van der Waals surface area contributed by atoms with Gasteiger partial charge in [0.05, 0.1) is 0 Å². The summed E-state index contributed by atoms with van der Waals surface area (Å²) in [6, 6.07) is 9.95. The number of carbonyl (C=O) groups is 2. The molecule has 112 valence electrons. The highest BCUT2D eigenvalue weighted by molar-refractivity contribution is 6.06. The van der Waals surface area contributed by atoms with E-state index in [0.29, 0.717) is 12.8 Å². The summed E-state index contributed by atoms with van der Waals surface area (Å²) in [5, 5.41) is 3.45. The number of hydrogen-bond donors (Lipinski definition) is 2. The lowest BCUT2D eigenvalue weighted by atomic mass is 9.63. The molecule has 1 heterocycles. The third-order valence-corrected chi connectivity index (χ3v) is 5.42. The zero-order valence-corrected chi connectivity index (χ0v) is 12.3. The largest absolute Gasteiger partial charge is 0.339 e. The predicted octanol–water partition coefficient (Wildman–Crippen LogP) is 2.07. The van der Waals surface area contributed by atoms with E-state index in [0.717, 1.165) is 24.3 Å². The zero-order valence-electron chi connectivity index (χ0n) is 12.3. The number of carbonyl (C=O) groups excluding carboxylic acids is 2. The summed E-state index contributed by atoms with van der Waals surface area (Å²) < 4.78 is 0. The molecule has 1 aliphatic heterocycles. The first kappa shape index (κ1) is 14.1. The first-order valence-corrected chi connectivity index (χ1v) is 7.50. The molecule has 0 aromatic heterocycles. The second kappa shape index (κ2) is 4.84. The van der Waals surface area contributed by atoms with Crippen molar-refractivity contribution in [3.8, 4) is 0 Å². The second-order valence-electron chi connectivity index (χ2n) is 6.16. The highest BCUT2D eigenvalue weighted by Gasteiger charge is 2.55. The van der Waals surface area contributed by atoms with Crippen LogP contribution in [-0.2, 0) is 10.2 Å². The molecule has 1 spiro atoms. The highest BCUT2D eigenvalue weighted by Crippen LogP contribution is 2.47. The smallest absolute Gasteiger partial charge is 0.275 e. The third kappa shape index (κ3) is 1.95. The summed E-state index contributed by atoms with van der Waals surface area (Å²) in [4.78, 5) is 23.8. The van der Waals surface area contributed by atoms with Gasteiger partial charge in [0.1, 0.15) is 5.54 Å². The van der Waals surface area contributed by atoms with E-state index < -0.39 is 11.6 Å². The summed E-state index contributed by atoms with van der Waals surface area (Å²) >= 11 is 0. The molecule has 1 aromatic rings. The van der Waals surface area contributed by atoms with Crippen LogP contribution in [0.25, 0.3) is 0 Å². The number of hydrogen-bond acceptors (Lipinski definition) is 3. The topological polar surface area (TPSA) is 75.4 Å². The molecule has 0 atom stereocenters. The molecule has 1 aromatic carbocycles. The Balaban J connectivity index is 1.87. The molecule has 3 amide bonds. The van der Waals surface area contributed by atoms with E-state index in [9.17, 15) is 9.59 Å². The Morgan fingerprint density at radius 3 is 2.24 bits per heavy atom. The zero-order chi connectivity index (χ0) is 15.1. The number of benzene rings is 1. The molecule has 0 bridgehead atoms. The van der Waals surface area contributed by atoms with Crippen molar-refractivity contribution in [1.82, 2.24) is 10.3 Å². The summed E-state index contributed by atoms with van der Waals surface area (Å²) in [6.45, 7) is 2.19. The Morgan fingerprint density at radius 2 is 1.76 bits per heavy atom. The van der Waals surface area contributed by atoms with Crippen LogP contribution in [0.3, 0.4) is 0 Å². The van der Waals surface area contributed by atoms with E-state index in [1.165, 1.54) is 5.56 Å². The number of nitrogens with one attached hydrogen (secondary N) is 1. The summed E-state index contributed by atoms with van der Waals surface area (Å²) in [5.74, 6) is 5.60. The number of nitrogens with zero attached hydrogens (tertiary/aromatic N) is 1. The van der Waals surface area contributed by atoms with Crippen LogP contribution in [0, 0.1) is 0 Å². The van der Waals surface area contributed by atoms with Crippen LogP contribution < -0.4 is 11.2 Å². The van der Waals surface area contributed by atoms with Crippen molar-refractivity contribution >= 4 is 11.9 Å². The van der Waals surface area contributed by atoms with Gasteiger partial charge in [-0.1, -0.05) is 37.3 Å². The van der Waals surface area contributed by atoms with Gasteiger partial charge in [-0.2, -0.15) is 0 Å². The number of imide groups is 1. The molecular formula is C16H21N3O2. The fraction of sp³-hybridized carbons (Fsp3) is 0.500. The molecule has 5 nitrogen and oxygen atoms in total. The fourth-order valence-electron chi connectivity index (χ4n) is 3.83. The normalized spacial score (nSPS) is 32.6. The van der Waals surface area contributed by atoms with Crippen molar-refractivity contribution in [2.24, 2.45) is 5.84 Å². The van der Waals surface area contributed by atoms with Gasteiger partial charge in [-0.3, -0.25) is 10.1 Å². The second-order valence-corrected chi connectivity index (χ2v) is 6.16. The number of hydrazine groups is 1. The molecule has 0 unspecified atom stereocenters. The first-order valence-electron chi connectivity index (χ1n) is 7.50. The van der Waals surface area contributed by atoms with E-state index >= 15 is 0 Å². The quantitative estimate of drug-likeness (QED) is 0.497. The van der Waals surface area contributed by atoms with Crippen LogP contribution in [0.5, 0.6) is 0 Å². The van der Waals surface area contributed by atoms with Gasteiger partial charge in [0.2, 0.25) is 0 Å². The van der Waals surface area contributed by atoms with Crippen LogP contribution >= 0.6 is 0 Å². The molecule has 2 aliphatic rings. The van der Waals surface area contributed by atoms with E-state index in [4.69, 9.17) is 5.84 Å². The van der Waals surface area contributed by atoms with Gasteiger partial charge in [0.15, 0.2) is 0 Å². The third-order valence-electron chi connectivity index (χ3n) is 5.42. The minimum absolute atomic E-state index is 0.0826. The van der Waals surface area contributed by atoms with Gasteiger partial charge in [-0.15, -0.1) is 0 Å². The number of rotatable bonds is 2. The van der Waals surface area contributed by atoms with E-state index in [2.05, 4.69) is 36.5 Å². The van der Waals surface area contributed by atoms with Crippen LogP contribution in [0.15, 0.2) is 30.3 Å². The lowest BCUT2D eigenvalue weighted by Crippen LogP contribution is -2.57. The Hall–Kier alpha value is -1.88. The molecule has 0 radical (unpaired) electrons. The highest BCUT2D eigenvalue weighted by atomic mass is 16.2. The van der Waals surface area contributed by atoms with Crippen molar-refractivity contribution in [3.05, 3.63) is 35.9 Å². The van der Waals surface area contributed by atoms with Crippen molar-refractivity contribution in [2.45, 2.75) is 50.0 Å². The van der Waals surface area contributed by atoms with Crippen LogP contribution in [0.4, 0.5) is 4.79 Å². The van der Waals surface area contributed by atoms with Crippen molar-refractivity contribution < 1.29 is 9.59 Å². The van der Waals surface area contributed by atoms with Crippen molar-refractivity contribution in [2.75, 3.05) is 0 Å². The lowest BCUT2D eigenvalue weighted by molar-refractivity contribution is -0.129. The first-order chi connectivity index (χ1) is 10.0. The maximum absolute atomic E-state index is 12.2. The molecule has 2 fully saturated rings. The van der Waals surface area contributed by atoms with Gasteiger partial charge in [-0.05, 0) is 43.1 Å². The fourth-order valence-corrected chi connectivity index (χ4v) is 3.83. The molecule has 21 heavy (non-hydrogen) atoms. The molecule has 1 aliphatic carbocycles. The van der Waals surface area contributed by atoms with E-state index in [-0.39, 0.29) is 11.3 Å². The monoisotopic (exact) mass is 287 g/mol. The predicted molar refractivity (Wildman–Crippen MR) is 79.2 cm³/mol. The van der Waals surface area contributed by atoms with E-state index in [1.807, 2.05) is 6.07 Å². The lowest BCUT2D eigenvalue weighted by Gasteiger charge is -2.45. The molecule has 1 saturated carbocycles. The minimum Gasteiger partial charge on any atom is -0.275 e. The van der Waals surface area contributed by atoms with Crippen LogP contribution in [0.1, 0.15) is 44.6 Å². The summed E-state index contributed by atoms with van der Waals surface area (Å²) in [6.07, 6.45) is 3.98. The Morgan fingerprint density at radius 1 is 1.14 bits per heavy atom. The van der Waals surface area contributed by atoms with Crippen molar-refractivity contribution in [3.63, 3.8) is 0 Å². The maximum atomic E-state index is 12.2. The average Bonchev–Trinajstić information content (AvgIpc) is 2.73. The molecular weight excluding hydrogens is 266 g/mol. The van der Waals surface area contributed by atoms with Gasteiger partial charge < -0.3 is 0 Å². The van der Waals surface area contributed by atoms with Gasteiger partial charge in [0, 0.05) is 0 Å². The Kier molecular flexibility index (Phi) is 3.24. The summed E-state index contributed by atoms with van der Waals surface area (Å²) in [5.41, 5.74) is 0.555. The molecule has 3 rings (SSSR count).